The van der Waals surface area contributed by atoms with Crippen molar-refractivity contribution in [2.24, 2.45) is 0 Å². The number of carbonyl (C=O) groups is 2. The number of nitrogens with one attached hydrogen (secondary N) is 1. The van der Waals surface area contributed by atoms with Crippen LogP contribution in [0.5, 0.6) is 17.2 Å². The Morgan fingerprint density at radius 3 is 2.12 bits per heavy atom. The van der Waals surface area contributed by atoms with Gasteiger partial charge in [0, 0.05) is 11.8 Å². The number of hydrogen-bond acceptors (Lipinski definition) is 6. The molecule has 4 rings (SSSR count). The highest BCUT2D eigenvalue weighted by Crippen LogP contribution is 2.39. The highest BCUT2D eigenvalue weighted by molar-refractivity contribution is 6.46. The molecule has 1 heterocycles. The summed E-state index contributed by atoms with van der Waals surface area (Å²) >= 11 is 0. The molecule has 3 aromatic rings. The third-order valence-electron chi connectivity index (χ3n) is 5.49. The van der Waals surface area contributed by atoms with Gasteiger partial charge in [0.25, 0.3) is 11.8 Å². The second-order valence-corrected chi connectivity index (χ2v) is 7.68. The van der Waals surface area contributed by atoms with Crippen LogP contribution in [0.3, 0.4) is 0 Å². The molecule has 0 spiro atoms. The van der Waals surface area contributed by atoms with E-state index in [0.717, 1.165) is 16.2 Å². The van der Waals surface area contributed by atoms with Crippen molar-refractivity contribution in [2.45, 2.75) is 13.8 Å². The molecule has 0 saturated carbocycles. The fraction of sp³-hybridized carbons (Fsp3) is 0.185. The molecule has 0 fully saturated rings. The Morgan fingerprint density at radius 1 is 0.824 bits per heavy atom. The van der Waals surface area contributed by atoms with Crippen LogP contribution < -0.4 is 24.4 Å². The van der Waals surface area contributed by atoms with Crippen molar-refractivity contribution in [2.75, 3.05) is 31.0 Å². The van der Waals surface area contributed by atoms with Crippen molar-refractivity contribution >= 4 is 28.8 Å². The van der Waals surface area contributed by atoms with E-state index in [9.17, 15) is 9.59 Å². The number of hydrogen-bond donors (Lipinski definition) is 1. The number of benzene rings is 3. The average Bonchev–Trinajstić information content (AvgIpc) is 3.09. The van der Waals surface area contributed by atoms with E-state index in [1.165, 1.54) is 14.2 Å². The van der Waals surface area contributed by atoms with Gasteiger partial charge in [-0.2, -0.15) is 0 Å². The molecule has 34 heavy (non-hydrogen) atoms. The minimum atomic E-state index is -0.474. The van der Waals surface area contributed by atoms with E-state index in [-0.39, 0.29) is 11.3 Å². The summed E-state index contributed by atoms with van der Waals surface area (Å²) in [7, 11) is 3.02. The van der Waals surface area contributed by atoms with Crippen LogP contribution in [0.2, 0.25) is 0 Å². The first-order valence-electron chi connectivity index (χ1n) is 10.9. The highest BCUT2D eigenvalue weighted by atomic mass is 16.5. The predicted molar refractivity (Wildman–Crippen MR) is 131 cm³/mol. The molecule has 0 atom stereocenters. The van der Waals surface area contributed by atoms with E-state index in [0.29, 0.717) is 35.0 Å². The molecule has 0 unspecified atom stereocenters. The summed E-state index contributed by atoms with van der Waals surface area (Å²) < 4.78 is 16.2. The van der Waals surface area contributed by atoms with Gasteiger partial charge in [0.1, 0.15) is 22.9 Å². The Bertz CT molecular complexity index is 1250. The van der Waals surface area contributed by atoms with Crippen LogP contribution in [0.1, 0.15) is 18.1 Å². The molecule has 1 aliphatic heterocycles. The standard InChI is InChI=1S/C27H26N2O5/c1-5-34-20-12-10-19(11-13-20)28-25-24(18-8-6-17(2)7-9-18)26(30)29(27(25)31)22-15-14-21(32-3)16-23(22)33-4/h6-16,28H,5H2,1-4H3. The number of imide groups is 1. The van der Waals surface area contributed by atoms with Gasteiger partial charge >= 0.3 is 0 Å². The number of amides is 2. The number of nitrogens with zero attached hydrogens (tertiary/aromatic N) is 1. The van der Waals surface area contributed by atoms with Crippen molar-refractivity contribution in [3.05, 3.63) is 83.6 Å². The number of rotatable bonds is 8. The van der Waals surface area contributed by atoms with Crippen LogP contribution in [0.4, 0.5) is 11.4 Å². The number of anilines is 2. The molecule has 2 amide bonds. The monoisotopic (exact) mass is 458 g/mol. The SMILES string of the molecule is CCOc1ccc(NC2=C(c3ccc(C)cc3)C(=O)N(c3ccc(OC)cc3OC)C2=O)cc1. The van der Waals surface area contributed by atoms with Crippen molar-refractivity contribution in [1.29, 1.82) is 0 Å². The Morgan fingerprint density at radius 2 is 1.50 bits per heavy atom. The Kier molecular flexibility index (Phi) is 6.54. The molecule has 7 nitrogen and oxygen atoms in total. The molecule has 1 aliphatic rings. The summed E-state index contributed by atoms with van der Waals surface area (Å²) in [5.41, 5.74) is 3.18. The first-order chi connectivity index (χ1) is 16.5. The smallest absolute Gasteiger partial charge is 0.282 e. The van der Waals surface area contributed by atoms with Crippen LogP contribution in [0, 0.1) is 6.92 Å². The number of carbonyl (C=O) groups excluding carboxylic acids is 2. The molecule has 174 valence electrons. The maximum Gasteiger partial charge on any atom is 0.282 e. The molecule has 0 aliphatic carbocycles. The zero-order chi connectivity index (χ0) is 24.2. The van der Waals surface area contributed by atoms with Crippen LogP contribution in [-0.4, -0.2) is 32.6 Å². The van der Waals surface area contributed by atoms with E-state index >= 15 is 0 Å². The summed E-state index contributed by atoms with van der Waals surface area (Å²) in [6.07, 6.45) is 0. The van der Waals surface area contributed by atoms with Gasteiger partial charge in [-0.3, -0.25) is 9.59 Å². The summed E-state index contributed by atoms with van der Waals surface area (Å²) in [4.78, 5) is 28.4. The first-order valence-corrected chi connectivity index (χ1v) is 10.9. The molecule has 3 aromatic carbocycles. The quantitative estimate of drug-likeness (QED) is 0.489. The van der Waals surface area contributed by atoms with E-state index < -0.39 is 11.8 Å². The first kappa shape index (κ1) is 22.9. The zero-order valence-electron chi connectivity index (χ0n) is 19.5. The van der Waals surface area contributed by atoms with Crippen LogP contribution in [0.15, 0.2) is 72.4 Å². The molecule has 0 radical (unpaired) electrons. The fourth-order valence-corrected chi connectivity index (χ4v) is 3.77. The van der Waals surface area contributed by atoms with Gasteiger partial charge in [0.05, 0.1) is 32.1 Å². The van der Waals surface area contributed by atoms with E-state index in [2.05, 4.69) is 5.32 Å². The van der Waals surface area contributed by atoms with Crippen molar-refractivity contribution < 1.29 is 23.8 Å². The van der Waals surface area contributed by atoms with Crippen LogP contribution in [0.25, 0.3) is 5.57 Å². The van der Waals surface area contributed by atoms with Crippen molar-refractivity contribution in [1.82, 2.24) is 0 Å². The lowest BCUT2D eigenvalue weighted by Gasteiger charge is -2.19. The number of methoxy groups -OCH3 is 2. The largest absolute Gasteiger partial charge is 0.497 e. The lowest BCUT2D eigenvalue weighted by Crippen LogP contribution is -2.32. The molecule has 0 aromatic heterocycles. The van der Waals surface area contributed by atoms with Crippen LogP contribution in [-0.2, 0) is 9.59 Å². The summed E-state index contributed by atoms with van der Waals surface area (Å²) in [6.45, 7) is 4.43. The second kappa shape index (κ2) is 9.70. The topological polar surface area (TPSA) is 77.1 Å². The average molecular weight is 459 g/mol. The van der Waals surface area contributed by atoms with E-state index in [4.69, 9.17) is 14.2 Å². The van der Waals surface area contributed by atoms with Gasteiger partial charge in [-0.1, -0.05) is 29.8 Å². The lowest BCUT2D eigenvalue weighted by molar-refractivity contribution is -0.120. The van der Waals surface area contributed by atoms with Gasteiger partial charge in [0.15, 0.2) is 0 Å². The third kappa shape index (κ3) is 4.32. The summed E-state index contributed by atoms with van der Waals surface area (Å²) in [5.74, 6) is 0.716. The molecule has 7 heteroatoms. The van der Waals surface area contributed by atoms with Gasteiger partial charge in [-0.15, -0.1) is 0 Å². The van der Waals surface area contributed by atoms with Crippen LogP contribution >= 0.6 is 0 Å². The fourth-order valence-electron chi connectivity index (χ4n) is 3.77. The Labute approximate surface area is 198 Å². The predicted octanol–water partition coefficient (Wildman–Crippen LogP) is 4.81. The van der Waals surface area contributed by atoms with Gasteiger partial charge in [-0.25, -0.2) is 4.90 Å². The summed E-state index contributed by atoms with van der Waals surface area (Å²) in [5, 5.41) is 3.16. The number of ether oxygens (including phenoxy) is 3. The van der Waals surface area contributed by atoms with Gasteiger partial charge < -0.3 is 19.5 Å². The van der Waals surface area contributed by atoms with Crippen molar-refractivity contribution in [3.8, 4) is 17.2 Å². The minimum absolute atomic E-state index is 0.191. The molecule has 0 bridgehead atoms. The van der Waals surface area contributed by atoms with Gasteiger partial charge in [-0.05, 0) is 55.8 Å². The van der Waals surface area contributed by atoms with Gasteiger partial charge in [0.2, 0.25) is 0 Å². The minimum Gasteiger partial charge on any atom is -0.497 e. The normalized spacial score (nSPS) is 13.4. The number of aryl methyl sites for hydroxylation is 1. The maximum absolute atomic E-state index is 13.7. The summed E-state index contributed by atoms with van der Waals surface area (Å²) in [6, 6.07) is 19.7. The Balaban J connectivity index is 1.78. The zero-order valence-corrected chi connectivity index (χ0v) is 19.5. The lowest BCUT2D eigenvalue weighted by atomic mass is 10.0. The molecular weight excluding hydrogens is 432 g/mol. The Hall–Kier alpha value is -4.26. The van der Waals surface area contributed by atoms with Crippen molar-refractivity contribution in [3.63, 3.8) is 0 Å². The molecule has 0 saturated heterocycles. The molecular formula is C27H26N2O5. The van der Waals surface area contributed by atoms with E-state index in [1.807, 2.05) is 50.2 Å². The maximum atomic E-state index is 13.7. The highest BCUT2D eigenvalue weighted by Gasteiger charge is 2.41. The van der Waals surface area contributed by atoms with E-state index in [1.54, 1.807) is 30.3 Å². The molecule has 1 N–H and O–H groups in total. The third-order valence-corrected chi connectivity index (χ3v) is 5.49. The second-order valence-electron chi connectivity index (χ2n) is 7.68.